The highest BCUT2D eigenvalue weighted by atomic mass is 16.1. The van der Waals surface area contributed by atoms with Crippen molar-refractivity contribution in [1.82, 2.24) is 9.97 Å². The van der Waals surface area contributed by atoms with Crippen molar-refractivity contribution in [3.8, 4) is 0 Å². The highest BCUT2D eigenvalue weighted by molar-refractivity contribution is 5.32. The average Bonchev–Trinajstić information content (AvgIpc) is 2.35. The largest absolute Gasteiger partial charge is 0.370 e. The molecule has 5 heteroatoms. The zero-order valence-electron chi connectivity index (χ0n) is 10.9. The first kappa shape index (κ1) is 13.1. The van der Waals surface area contributed by atoms with Gasteiger partial charge in [0.25, 0.3) is 5.56 Å². The summed E-state index contributed by atoms with van der Waals surface area (Å²) < 4.78 is 0. The topological polar surface area (TPSA) is 83.8 Å². The number of anilines is 1. The summed E-state index contributed by atoms with van der Waals surface area (Å²) >= 11 is 0. The van der Waals surface area contributed by atoms with Gasteiger partial charge in [0.2, 0.25) is 0 Å². The summed E-state index contributed by atoms with van der Waals surface area (Å²) in [7, 11) is 0. The second-order valence-electron chi connectivity index (χ2n) is 5.14. The molecule has 1 saturated carbocycles. The summed E-state index contributed by atoms with van der Waals surface area (Å²) in [6.07, 6.45) is 5.02. The molecule has 2 atom stereocenters. The summed E-state index contributed by atoms with van der Waals surface area (Å²) in [5.74, 6) is 2.51. The van der Waals surface area contributed by atoms with Crippen LogP contribution in [0.2, 0.25) is 0 Å². The van der Waals surface area contributed by atoms with Crippen molar-refractivity contribution in [3.05, 3.63) is 22.2 Å². The summed E-state index contributed by atoms with van der Waals surface area (Å²) in [6, 6.07) is 1.51. The molecule has 1 aliphatic rings. The Labute approximate surface area is 107 Å². The molecule has 0 amide bonds. The highest BCUT2D eigenvalue weighted by Crippen LogP contribution is 2.29. The number of H-pyrrole nitrogens is 1. The van der Waals surface area contributed by atoms with Crippen molar-refractivity contribution in [1.29, 1.82) is 0 Å². The molecule has 100 valence electrons. The van der Waals surface area contributed by atoms with E-state index in [9.17, 15) is 4.79 Å². The van der Waals surface area contributed by atoms with Gasteiger partial charge >= 0.3 is 0 Å². The lowest BCUT2D eigenvalue weighted by atomic mass is 9.79. The van der Waals surface area contributed by atoms with Crippen molar-refractivity contribution < 1.29 is 0 Å². The summed E-state index contributed by atoms with van der Waals surface area (Å²) in [5, 5.41) is 3.27. The number of rotatable bonds is 4. The minimum atomic E-state index is -0.107. The fraction of sp³-hybridized carbons (Fsp3) is 0.692. The van der Waals surface area contributed by atoms with Gasteiger partial charge in [-0.3, -0.25) is 4.79 Å². The van der Waals surface area contributed by atoms with E-state index in [4.69, 9.17) is 5.73 Å². The summed E-state index contributed by atoms with van der Waals surface area (Å²) in [6.45, 7) is 3.40. The van der Waals surface area contributed by atoms with E-state index in [1.165, 1.54) is 31.7 Å². The zero-order chi connectivity index (χ0) is 13.0. The fourth-order valence-electron chi connectivity index (χ4n) is 2.77. The van der Waals surface area contributed by atoms with Gasteiger partial charge in [-0.25, -0.2) is 4.98 Å². The van der Waals surface area contributed by atoms with E-state index >= 15 is 0 Å². The maximum Gasteiger partial charge on any atom is 0.252 e. The minimum absolute atomic E-state index is 0.107. The molecule has 4 N–H and O–H groups in total. The average molecular weight is 250 g/mol. The lowest BCUT2D eigenvalue weighted by Crippen LogP contribution is -2.31. The molecule has 1 aromatic heterocycles. The van der Waals surface area contributed by atoms with E-state index < -0.39 is 0 Å². The second-order valence-corrected chi connectivity index (χ2v) is 5.14. The van der Waals surface area contributed by atoms with Crippen LogP contribution in [0.3, 0.4) is 0 Å². The van der Waals surface area contributed by atoms with Crippen LogP contribution < -0.4 is 16.6 Å². The molecule has 0 aromatic carbocycles. The van der Waals surface area contributed by atoms with Crippen LogP contribution in [-0.4, -0.2) is 23.1 Å². The SMILES string of the molecule is Cc1nc(NCC2CCCCC2CN)cc(=O)[nH]1. The van der Waals surface area contributed by atoms with Gasteiger partial charge in [-0.15, -0.1) is 0 Å². The van der Waals surface area contributed by atoms with Crippen LogP contribution >= 0.6 is 0 Å². The Kier molecular flexibility index (Phi) is 4.36. The number of nitrogens with two attached hydrogens (primary N) is 1. The summed E-state index contributed by atoms with van der Waals surface area (Å²) in [4.78, 5) is 18.2. The quantitative estimate of drug-likeness (QED) is 0.751. The third kappa shape index (κ3) is 3.32. The molecular weight excluding hydrogens is 228 g/mol. The first-order chi connectivity index (χ1) is 8.69. The molecule has 5 nitrogen and oxygen atoms in total. The Morgan fingerprint density at radius 3 is 2.83 bits per heavy atom. The van der Waals surface area contributed by atoms with Gasteiger partial charge in [-0.05, 0) is 38.1 Å². The molecule has 0 radical (unpaired) electrons. The van der Waals surface area contributed by atoms with Crippen LogP contribution in [-0.2, 0) is 0 Å². The van der Waals surface area contributed by atoms with Gasteiger partial charge in [-0.2, -0.15) is 0 Å². The Morgan fingerprint density at radius 2 is 2.17 bits per heavy atom. The number of hydrogen-bond acceptors (Lipinski definition) is 4. The Hall–Kier alpha value is -1.36. The Balaban J connectivity index is 1.95. The molecule has 1 aliphatic carbocycles. The molecule has 2 unspecified atom stereocenters. The molecule has 18 heavy (non-hydrogen) atoms. The molecule has 0 bridgehead atoms. The van der Waals surface area contributed by atoms with Crippen molar-refractivity contribution in [2.24, 2.45) is 17.6 Å². The van der Waals surface area contributed by atoms with E-state index in [-0.39, 0.29) is 5.56 Å². The number of aromatic nitrogens is 2. The molecule has 0 aliphatic heterocycles. The fourth-order valence-corrected chi connectivity index (χ4v) is 2.77. The molecule has 0 saturated heterocycles. The Bertz CT molecular complexity index is 443. The van der Waals surface area contributed by atoms with Crippen LogP contribution in [0.1, 0.15) is 31.5 Å². The van der Waals surface area contributed by atoms with Gasteiger partial charge in [0, 0.05) is 12.6 Å². The van der Waals surface area contributed by atoms with Gasteiger partial charge in [0.05, 0.1) is 0 Å². The Morgan fingerprint density at radius 1 is 1.44 bits per heavy atom. The number of hydrogen-bond donors (Lipinski definition) is 3. The van der Waals surface area contributed by atoms with Crippen molar-refractivity contribution >= 4 is 5.82 Å². The van der Waals surface area contributed by atoms with E-state index in [2.05, 4.69) is 15.3 Å². The second kappa shape index (κ2) is 6.00. The zero-order valence-corrected chi connectivity index (χ0v) is 10.9. The molecule has 1 fully saturated rings. The van der Waals surface area contributed by atoms with E-state index in [1.807, 2.05) is 0 Å². The number of nitrogens with zero attached hydrogens (tertiary/aromatic N) is 1. The van der Waals surface area contributed by atoms with Crippen LogP contribution in [0.4, 0.5) is 5.82 Å². The van der Waals surface area contributed by atoms with Crippen LogP contribution in [0.5, 0.6) is 0 Å². The maximum absolute atomic E-state index is 11.3. The van der Waals surface area contributed by atoms with E-state index in [1.54, 1.807) is 6.92 Å². The van der Waals surface area contributed by atoms with Gasteiger partial charge < -0.3 is 16.0 Å². The molecule has 2 rings (SSSR count). The maximum atomic E-state index is 11.3. The summed E-state index contributed by atoms with van der Waals surface area (Å²) in [5.41, 5.74) is 5.71. The normalized spacial score (nSPS) is 23.9. The van der Waals surface area contributed by atoms with Crippen molar-refractivity contribution in [2.75, 3.05) is 18.4 Å². The number of aromatic amines is 1. The molecule has 1 heterocycles. The van der Waals surface area contributed by atoms with Gasteiger partial charge in [0.15, 0.2) is 0 Å². The van der Waals surface area contributed by atoms with Crippen molar-refractivity contribution in [2.45, 2.75) is 32.6 Å². The van der Waals surface area contributed by atoms with Crippen LogP contribution in [0, 0.1) is 18.8 Å². The van der Waals surface area contributed by atoms with Crippen LogP contribution in [0.15, 0.2) is 10.9 Å². The van der Waals surface area contributed by atoms with E-state index in [0.29, 0.717) is 23.5 Å². The monoisotopic (exact) mass is 250 g/mol. The first-order valence-corrected chi connectivity index (χ1v) is 6.71. The van der Waals surface area contributed by atoms with Crippen molar-refractivity contribution in [3.63, 3.8) is 0 Å². The predicted octanol–water partition coefficient (Wildman–Crippen LogP) is 1.26. The predicted molar refractivity (Wildman–Crippen MR) is 72.6 cm³/mol. The van der Waals surface area contributed by atoms with Crippen LogP contribution in [0.25, 0.3) is 0 Å². The number of nitrogens with one attached hydrogen (secondary N) is 2. The number of aryl methyl sites for hydroxylation is 1. The lowest BCUT2D eigenvalue weighted by Gasteiger charge is -2.30. The lowest BCUT2D eigenvalue weighted by molar-refractivity contribution is 0.255. The smallest absolute Gasteiger partial charge is 0.252 e. The molecular formula is C13H22N4O. The first-order valence-electron chi connectivity index (χ1n) is 6.71. The molecule has 1 aromatic rings. The van der Waals surface area contributed by atoms with Gasteiger partial charge in [-0.1, -0.05) is 12.8 Å². The highest BCUT2D eigenvalue weighted by Gasteiger charge is 2.23. The molecule has 0 spiro atoms. The van der Waals surface area contributed by atoms with E-state index in [0.717, 1.165) is 13.1 Å². The minimum Gasteiger partial charge on any atom is -0.370 e. The third-order valence-corrected chi connectivity index (χ3v) is 3.77. The standard InChI is InChI=1S/C13H22N4O/c1-9-16-12(6-13(18)17-9)15-8-11-5-3-2-4-10(11)7-14/h6,10-11H,2-5,7-8,14H2,1H3,(H2,15,16,17,18). The third-order valence-electron chi connectivity index (χ3n) is 3.77. The van der Waals surface area contributed by atoms with Gasteiger partial charge in [0.1, 0.15) is 11.6 Å².